The molecule has 5 heteroatoms. The van der Waals surface area contributed by atoms with E-state index in [0.717, 1.165) is 5.84 Å². The zero-order valence-corrected chi connectivity index (χ0v) is 10.8. The predicted octanol–water partition coefficient (Wildman–Crippen LogP) is 1.58. The zero-order chi connectivity index (χ0) is 13.1. The summed E-state index contributed by atoms with van der Waals surface area (Å²) in [6.07, 6.45) is 0. The van der Waals surface area contributed by atoms with Crippen LogP contribution in [0.3, 0.4) is 0 Å². The topological polar surface area (TPSA) is 51.1 Å². The van der Waals surface area contributed by atoms with E-state index in [9.17, 15) is 4.79 Å². The van der Waals surface area contributed by atoms with Crippen LogP contribution in [0.4, 0.5) is 0 Å². The molecule has 0 spiro atoms. The first kappa shape index (κ1) is 12.4. The van der Waals surface area contributed by atoms with Gasteiger partial charge in [-0.1, -0.05) is 0 Å². The summed E-state index contributed by atoms with van der Waals surface area (Å²) in [7, 11) is 3.12. The Kier molecular flexibility index (Phi) is 3.50. The van der Waals surface area contributed by atoms with Crippen LogP contribution in [0.15, 0.2) is 23.2 Å². The molecule has 0 fully saturated rings. The molecule has 0 unspecified atom stereocenters. The fourth-order valence-electron chi connectivity index (χ4n) is 1.89. The van der Waals surface area contributed by atoms with E-state index in [4.69, 9.17) is 9.47 Å². The van der Waals surface area contributed by atoms with E-state index in [1.807, 2.05) is 6.92 Å². The minimum atomic E-state index is -0.0778. The predicted molar refractivity (Wildman–Crippen MR) is 68.6 cm³/mol. The van der Waals surface area contributed by atoms with Crippen molar-refractivity contribution >= 4 is 11.7 Å². The van der Waals surface area contributed by atoms with E-state index in [0.29, 0.717) is 30.2 Å². The average Bonchev–Trinajstić information content (AvgIpc) is 2.83. The third-order valence-corrected chi connectivity index (χ3v) is 2.90. The molecule has 1 aliphatic rings. The van der Waals surface area contributed by atoms with Gasteiger partial charge in [-0.25, -0.2) is 0 Å². The second-order valence-electron chi connectivity index (χ2n) is 3.99. The zero-order valence-electron chi connectivity index (χ0n) is 10.8. The molecule has 0 radical (unpaired) electrons. The quantitative estimate of drug-likeness (QED) is 0.816. The summed E-state index contributed by atoms with van der Waals surface area (Å²) in [5.74, 6) is 1.88. The third-order valence-electron chi connectivity index (χ3n) is 2.90. The summed E-state index contributed by atoms with van der Waals surface area (Å²) in [5, 5.41) is 0. The molecule has 0 bridgehead atoms. The van der Waals surface area contributed by atoms with Gasteiger partial charge in [0.15, 0.2) is 0 Å². The number of hydrogen-bond acceptors (Lipinski definition) is 4. The number of aliphatic imine (C=N–C) groups is 1. The van der Waals surface area contributed by atoms with E-state index in [1.165, 1.54) is 0 Å². The molecule has 0 saturated heterocycles. The van der Waals surface area contributed by atoms with Crippen molar-refractivity contribution in [3.63, 3.8) is 0 Å². The van der Waals surface area contributed by atoms with E-state index >= 15 is 0 Å². The van der Waals surface area contributed by atoms with Crippen LogP contribution in [0.25, 0.3) is 0 Å². The van der Waals surface area contributed by atoms with E-state index < -0.39 is 0 Å². The van der Waals surface area contributed by atoms with Crippen molar-refractivity contribution in [1.29, 1.82) is 0 Å². The highest BCUT2D eigenvalue weighted by Crippen LogP contribution is 2.24. The molecular weight excluding hydrogens is 232 g/mol. The molecule has 0 aliphatic carbocycles. The van der Waals surface area contributed by atoms with Crippen molar-refractivity contribution in [3.8, 4) is 11.5 Å². The van der Waals surface area contributed by atoms with Gasteiger partial charge in [0.25, 0.3) is 5.91 Å². The molecule has 1 heterocycles. The van der Waals surface area contributed by atoms with Gasteiger partial charge < -0.3 is 9.47 Å². The maximum absolute atomic E-state index is 12.3. The van der Waals surface area contributed by atoms with Crippen LogP contribution in [-0.4, -0.2) is 44.0 Å². The minimum Gasteiger partial charge on any atom is -0.497 e. The fourth-order valence-corrected chi connectivity index (χ4v) is 1.89. The van der Waals surface area contributed by atoms with Crippen molar-refractivity contribution in [3.05, 3.63) is 23.8 Å². The molecule has 0 saturated carbocycles. The fraction of sp³-hybridized carbons (Fsp3) is 0.385. The largest absolute Gasteiger partial charge is 0.497 e. The Morgan fingerprint density at radius 1 is 1.22 bits per heavy atom. The number of methoxy groups -OCH3 is 2. The highest BCUT2D eigenvalue weighted by atomic mass is 16.5. The van der Waals surface area contributed by atoms with Crippen LogP contribution in [0.1, 0.15) is 17.3 Å². The van der Waals surface area contributed by atoms with Crippen molar-refractivity contribution in [2.75, 3.05) is 27.3 Å². The second kappa shape index (κ2) is 5.08. The highest BCUT2D eigenvalue weighted by Gasteiger charge is 2.22. The van der Waals surface area contributed by atoms with Crippen LogP contribution in [0.5, 0.6) is 11.5 Å². The monoisotopic (exact) mass is 248 g/mol. The molecule has 18 heavy (non-hydrogen) atoms. The molecule has 1 aromatic rings. The molecular formula is C13H16N2O3. The van der Waals surface area contributed by atoms with Gasteiger partial charge in [0.1, 0.15) is 17.3 Å². The van der Waals surface area contributed by atoms with Crippen LogP contribution >= 0.6 is 0 Å². The number of benzene rings is 1. The Bertz CT molecular complexity index is 475. The number of amidine groups is 1. The molecule has 5 nitrogen and oxygen atoms in total. The van der Waals surface area contributed by atoms with Gasteiger partial charge >= 0.3 is 0 Å². The van der Waals surface area contributed by atoms with Crippen LogP contribution in [-0.2, 0) is 0 Å². The summed E-state index contributed by atoms with van der Waals surface area (Å²) in [6.45, 7) is 3.13. The molecule has 1 aliphatic heterocycles. The van der Waals surface area contributed by atoms with Gasteiger partial charge in [-0.05, 0) is 19.1 Å². The van der Waals surface area contributed by atoms with Gasteiger partial charge in [0, 0.05) is 18.2 Å². The molecule has 2 rings (SSSR count). The summed E-state index contributed by atoms with van der Waals surface area (Å²) in [5.41, 5.74) is 0.544. The van der Waals surface area contributed by atoms with Gasteiger partial charge in [0.05, 0.1) is 20.8 Å². The number of rotatable bonds is 3. The first-order valence-electron chi connectivity index (χ1n) is 5.71. The number of hydrogen-bond donors (Lipinski definition) is 0. The van der Waals surface area contributed by atoms with Crippen LogP contribution < -0.4 is 9.47 Å². The van der Waals surface area contributed by atoms with Crippen LogP contribution in [0.2, 0.25) is 0 Å². The highest BCUT2D eigenvalue weighted by molar-refractivity contribution is 6.06. The standard InChI is InChI=1S/C13H16N2O3/c1-9-14-4-5-15(9)13(16)10-6-11(17-2)8-12(7-10)18-3/h6-8H,4-5H2,1-3H3. The van der Waals surface area contributed by atoms with E-state index in [2.05, 4.69) is 4.99 Å². The maximum Gasteiger partial charge on any atom is 0.259 e. The average molecular weight is 248 g/mol. The van der Waals surface area contributed by atoms with Crippen LogP contribution in [0, 0.1) is 0 Å². The molecule has 96 valence electrons. The van der Waals surface area contributed by atoms with Crippen molar-refractivity contribution < 1.29 is 14.3 Å². The Labute approximate surface area is 106 Å². The SMILES string of the molecule is COc1cc(OC)cc(C(=O)N2CCN=C2C)c1. The van der Waals surface area contributed by atoms with Crippen molar-refractivity contribution in [1.82, 2.24) is 4.90 Å². The summed E-state index contributed by atoms with van der Waals surface area (Å²) < 4.78 is 10.3. The molecule has 0 aromatic heterocycles. The van der Waals surface area contributed by atoms with Gasteiger partial charge in [0.2, 0.25) is 0 Å². The Hall–Kier alpha value is -2.04. The number of carbonyl (C=O) groups excluding carboxylic acids is 1. The smallest absolute Gasteiger partial charge is 0.259 e. The van der Waals surface area contributed by atoms with E-state index in [-0.39, 0.29) is 5.91 Å². The lowest BCUT2D eigenvalue weighted by atomic mass is 10.1. The second-order valence-corrected chi connectivity index (χ2v) is 3.99. The third kappa shape index (κ3) is 2.30. The van der Waals surface area contributed by atoms with E-state index in [1.54, 1.807) is 37.3 Å². The lowest BCUT2D eigenvalue weighted by molar-refractivity contribution is 0.0856. The molecule has 0 atom stereocenters. The lowest BCUT2D eigenvalue weighted by Gasteiger charge is -2.17. The van der Waals surface area contributed by atoms with Gasteiger partial charge in [-0.3, -0.25) is 14.7 Å². The summed E-state index contributed by atoms with van der Waals surface area (Å²) >= 11 is 0. The van der Waals surface area contributed by atoms with Gasteiger partial charge in [-0.2, -0.15) is 0 Å². The first-order chi connectivity index (χ1) is 8.65. The number of carbonyl (C=O) groups is 1. The number of ether oxygens (including phenoxy) is 2. The summed E-state index contributed by atoms with van der Waals surface area (Å²) in [4.78, 5) is 18.2. The maximum atomic E-state index is 12.3. The van der Waals surface area contributed by atoms with Gasteiger partial charge in [-0.15, -0.1) is 0 Å². The van der Waals surface area contributed by atoms with Crippen molar-refractivity contribution in [2.45, 2.75) is 6.92 Å². The van der Waals surface area contributed by atoms with Crippen molar-refractivity contribution in [2.24, 2.45) is 4.99 Å². The number of nitrogens with zero attached hydrogens (tertiary/aromatic N) is 2. The Morgan fingerprint density at radius 3 is 2.28 bits per heavy atom. The minimum absolute atomic E-state index is 0.0778. The lowest BCUT2D eigenvalue weighted by Crippen LogP contribution is -2.32. The Balaban J connectivity index is 2.32. The first-order valence-corrected chi connectivity index (χ1v) is 5.71. The molecule has 0 N–H and O–H groups in total. The number of amides is 1. The Morgan fingerprint density at radius 2 is 1.83 bits per heavy atom. The molecule has 1 aromatic carbocycles. The molecule has 1 amide bonds. The summed E-state index contributed by atoms with van der Waals surface area (Å²) in [6, 6.07) is 5.15. The normalized spacial score (nSPS) is 14.4.